The van der Waals surface area contributed by atoms with Crippen LogP contribution in [0.4, 0.5) is 4.79 Å². The van der Waals surface area contributed by atoms with E-state index in [-0.39, 0.29) is 6.04 Å². The number of hydrogen-bond acceptors (Lipinski definition) is 5. The third-order valence-corrected chi connectivity index (χ3v) is 2.44. The summed E-state index contributed by atoms with van der Waals surface area (Å²) in [5.41, 5.74) is -0.513. The van der Waals surface area contributed by atoms with Crippen LogP contribution in [0.5, 0.6) is 11.5 Å². The first-order chi connectivity index (χ1) is 9.33. The van der Waals surface area contributed by atoms with E-state index in [4.69, 9.17) is 14.4 Å². The van der Waals surface area contributed by atoms with Crippen molar-refractivity contribution in [1.82, 2.24) is 10.5 Å². The number of rotatable bonds is 3. The molecule has 1 amide bonds. The van der Waals surface area contributed by atoms with E-state index in [0.717, 1.165) is 0 Å². The van der Waals surface area contributed by atoms with Gasteiger partial charge in [-0.25, -0.2) is 4.79 Å². The van der Waals surface area contributed by atoms with Crippen molar-refractivity contribution in [1.29, 1.82) is 0 Å². The molecular formula is C14H20N2O4. The summed E-state index contributed by atoms with van der Waals surface area (Å²) in [6.07, 6.45) is -0.457. The molecule has 0 saturated carbocycles. The fourth-order valence-electron chi connectivity index (χ4n) is 1.69. The molecule has 20 heavy (non-hydrogen) atoms. The smallest absolute Gasteiger partial charge is 0.407 e. The highest BCUT2D eigenvalue weighted by Gasteiger charge is 2.25. The quantitative estimate of drug-likeness (QED) is 0.921. The Balaban J connectivity index is 1.79. The molecule has 6 heteroatoms. The number of nitrogens with zero attached hydrogens (tertiary/aromatic N) is 1. The zero-order chi connectivity index (χ0) is 14.8. The molecule has 0 bridgehead atoms. The molecule has 1 N–H and O–H groups in total. The van der Waals surface area contributed by atoms with Crippen LogP contribution in [0.2, 0.25) is 0 Å². The topological polar surface area (TPSA) is 60.0 Å². The molecule has 2 rings (SSSR count). The van der Waals surface area contributed by atoms with E-state index in [2.05, 4.69) is 5.32 Å². The van der Waals surface area contributed by atoms with Gasteiger partial charge in [-0.2, -0.15) is 0 Å². The van der Waals surface area contributed by atoms with Crippen molar-refractivity contribution in [2.75, 3.05) is 6.54 Å². The number of nitrogens with one attached hydrogen (secondary N) is 1. The Bertz CT molecular complexity index is 459. The van der Waals surface area contributed by atoms with Gasteiger partial charge in [0.15, 0.2) is 11.5 Å². The van der Waals surface area contributed by atoms with Gasteiger partial charge in [-0.15, -0.1) is 0 Å². The first kappa shape index (κ1) is 14.5. The van der Waals surface area contributed by atoms with Crippen LogP contribution < -0.4 is 15.0 Å². The Morgan fingerprint density at radius 2 is 1.85 bits per heavy atom. The lowest BCUT2D eigenvalue weighted by molar-refractivity contribution is -0.228. The summed E-state index contributed by atoms with van der Waals surface area (Å²) in [5, 5.41) is 4.07. The molecule has 0 aliphatic carbocycles. The number of fused-ring (bicyclic) bond motifs is 1. The minimum atomic E-state index is -0.513. The van der Waals surface area contributed by atoms with Crippen molar-refractivity contribution < 1.29 is 19.2 Å². The fourth-order valence-corrected chi connectivity index (χ4v) is 1.69. The fraction of sp³-hybridized carbons (Fsp3) is 0.500. The first-order valence-electron chi connectivity index (χ1n) is 6.55. The van der Waals surface area contributed by atoms with Gasteiger partial charge in [0.05, 0.1) is 6.54 Å². The van der Waals surface area contributed by atoms with Crippen LogP contribution in [-0.2, 0) is 4.74 Å². The van der Waals surface area contributed by atoms with Crippen LogP contribution in [-0.4, -0.2) is 29.5 Å². The van der Waals surface area contributed by atoms with Crippen LogP contribution in [0.25, 0.3) is 0 Å². The van der Waals surface area contributed by atoms with Gasteiger partial charge in [-0.1, -0.05) is 12.1 Å². The van der Waals surface area contributed by atoms with Crippen molar-refractivity contribution >= 4 is 6.09 Å². The summed E-state index contributed by atoms with van der Waals surface area (Å²) in [7, 11) is 0. The number of para-hydroxylation sites is 2. The molecule has 0 unspecified atom stereocenters. The lowest BCUT2D eigenvalue weighted by Crippen LogP contribution is -2.44. The largest absolute Gasteiger partial charge is 0.444 e. The second kappa shape index (κ2) is 5.58. The minimum Gasteiger partial charge on any atom is -0.444 e. The second-order valence-electron chi connectivity index (χ2n) is 5.69. The number of carbonyl (C=O) groups excluding carboxylic acids is 1. The van der Waals surface area contributed by atoms with Crippen LogP contribution in [0.1, 0.15) is 27.7 Å². The Hall–Kier alpha value is -1.95. The SMILES string of the molecule is C[C@@H](CN1Oc2ccccc2O1)NC(=O)OC(C)(C)C. The molecular weight excluding hydrogens is 260 g/mol. The normalized spacial score (nSPS) is 15.8. The third-order valence-electron chi connectivity index (χ3n) is 2.44. The third kappa shape index (κ3) is 4.03. The molecule has 0 radical (unpaired) electrons. The lowest BCUT2D eigenvalue weighted by Gasteiger charge is -2.23. The maximum atomic E-state index is 11.6. The van der Waals surface area contributed by atoms with E-state index in [9.17, 15) is 4.79 Å². The molecule has 0 fully saturated rings. The van der Waals surface area contributed by atoms with E-state index < -0.39 is 11.7 Å². The highest BCUT2D eigenvalue weighted by atomic mass is 17.0. The van der Waals surface area contributed by atoms with Gasteiger partial charge in [0.2, 0.25) is 0 Å². The molecule has 1 heterocycles. The summed E-state index contributed by atoms with van der Waals surface area (Å²) in [6, 6.07) is 7.20. The van der Waals surface area contributed by atoms with Crippen molar-refractivity contribution in [3.05, 3.63) is 24.3 Å². The summed E-state index contributed by atoms with van der Waals surface area (Å²) < 4.78 is 5.18. The number of hydroxylamine groups is 2. The average molecular weight is 280 g/mol. The number of benzene rings is 1. The van der Waals surface area contributed by atoms with E-state index in [1.165, 1.54) is 5.23 Å². The second-order valence-corrected chi connectivity index (χ2v) is 5.69. The molecule has 6 nitrogen and oxygen atoms in total. The molecule has 0 aromatic heterocycles. The van der Waals surface area contributed by atoms with Crippen LogP contribution in [0.15, 0.2) is 24.3 Å². The Labute approximate surface area is 118 Å². The van der Waals surface area contributed by atoms with Crippen molar-refractivity contribution in [2.24, 2.45) is 0 Å². The average Bonchev–Trinajstić information content (AvgIpc) is 2.67. The highest BCUT2D eigenvalue weighted by molar-refractivity contribution is 5.68. The summed E-state index contributed by atoms with van der Waals surface area (Å²) in [6.45, 7) is 7.69. The maximum absolute atomic E-state index is 11.6. The van der Waals surface area contributed by atoms with Gasteiger partial charge in [0.25, 0.3) is 0 Å². The van der Waals surface area contributed by atoms with Gasteiger partial charge >= 0.3 is 6.09 Å². The molecule has 1 aliphatic rings. The van der Waals surface area contributed by atoms with Gasteiger partial charge < -0.3 is 19.7 Å². The Morgan fingerprint density at radius 1 is 1.30 bits per heavy atom. The number of ether oxygens (including phenoxy) is 1. The molecule has 0 saturated heterocycles. The van der Waals surface area contributed by atoms with Crippen molar-refractivity contribution in [3.63, 3.8) is 0 Å². The van der Waals surface area contributed by atoms with E-state index in [0.29, 0.717) is 18.0 Å². The number of carbonyl (C=O) groups is 1. The van der Waals surface area contributed by atoms with Crippen molar-refractivity contribution in [2.45, 2.75) is 39.3 Å². The lowest BCUT2D eigenvalue weighted by atomic mass is 10.2. The summed E-state index contributed by atoms with van der Waals surface area (Å²) >= 11 is 0. The van der Waals surface area contributed by atoms with Crippen LogP contribution in [0, 0.1) is 0 Å². The van der Waals surface area contributed by atoms with Crippen LogP contribution >= 0.6 is 0 Å². The summed E-state index contributed by atoms with van der Waals surface area (Å²) in [4.78, 5) is 22.6. The van der Waals surface area contributed by atoms with Gasteiger partial charge in [0, 0.05) is 11.3 Å². The minimum absolute atomic E-state index is 0.181. The van der Waals surface area contributed by atoms with Crippen LogP contribution in [0.3, 0.4) is 0 Å². The van der Waals surface area contributed by atoms with E-state index in [1.807, 2.05) is 52.0 Å². The van der Waals surface area contributed by atoms with Gasteiger partial charge in [-0.3, -0.25) is 0 Å². The van der Waals surface area contributed by atoms with Crippen molar-refractivity contribution in [3.8, 4) is 11.5 Å². The molecule has 1 aromatic carbocycles. The Kier molecular flexibility index (Phi) is 4.04. The molecule has 1 aliphatic heterocycles. The zero-order valence-corrected chi connectivity index (χ0v) is 12.2. The predicted octanol–water partition coefficient (Wildman–Crippen LogP) is 2.50. The van der Waals surface area contributed by atoms with Gasteiger partial charge in [0.1, 0.15) is 5.60 Å². The number of alkyl carbamates (subject to hydrolysis) is 1. The Morgan fingerprint density at radius 3 is 2.35 bits per heavy atom. The molecule has 110 valence electrons. The number of amides is 1. The molecule has 1 atom stereocenters. The standard InChI is InChI=1S/C14H20N2O4/c1-10(15-13(17)18-14(2,3)4)9-16-19-11-7-5-6-8-12(11)20-16/h5-8,10H,9H2,1-4H3,(H,15,17)/t10-/m0/s1. The molecule has 1 aromatic rings. The first-order valence-corrected chi connectivity index (χ1v) is 6.55. The monoisotopic (exact) mass is 280 g/mol. The van der Waals surface area contributed by atoms with E-state index in [1.54, 1.807) is 0 Å². The van der Waals surface area contributed by atoms with Gasteiger partial charge in [-0.05, 0) is 39.8 Å². The number of hydrogen-bond donors (Lipinski definition) is 1. The zero-order valence-electron chi connectivity index (χ0n) is 12.2. The van der Waals surface area contributed by atoms with E-state index >= 15 is 0 Å². The predicted molar refractivity (Wildman–Crippen MR) is 73.2 cm³/mol. The molecule has 0 spiro atoms. The highest BCUT2D eigenvalue weighted by Crippen LogP contribution is 2.33. The summed E-state index contributed by atoms with van der Waals surface area (Å²) in [5.74, 6) is 1.33. The maximum Gasteiger partial charge on any atom is 0.407 e.